The summed E-state index contributed by atoms with van der Waals surface area (Å²) in [5, 5.41) is 15.5. The Morgan fingerprint density at radius 1 is 1.19 bits per heavy atom. The van der Waals surface area contributed by atoms with Crippen LogP contribution in [0.5, 0.6) is 0 Å². The molecule has 2 heterocycles. The number of aliphatic carboxylic acids is 1. The molecule has 0 aliphatic heterocycles. The van der Waals surface area contributed by atoms with Crippen LogP contribution >= 0.6 is 11.8 Å². The zero-order valence-corrected chi connectivity index (χ0v) is 19.8. The average Bonchev–Trinajstić information content (AvgIpc) is 3.12. The molecule has 1 atom stereocenters. The lowest BCUT2D eigenvalue weighted by molar-refractivity contribution is -0.308. The van der Waals surface area contributed by atoms with Crippen molar-refractivity contribution in [3.63, 3.8) is 0 Å². The summed E-state index contributed by atoms with van der Waals surface area (Å²) in [6, 6.07) is 2.64. The number of rotatable bonds is 8. The van der Waals surface area contributed by atoms with Crippen molar-refractivity contribution in [2.45, 2.75) is 58.4 Å². The number of furan rings is 1. The van der Waals surface area contributed by atoms with Crippen LogP contribution in [0.15, 0.2) is 32.0 Å². The molecule has 1 aromatic carbocycles. The molecule has 2 aromatic heterocycles. The Kier molecular flexibility index (Phi) is 7.03. The lowest BCUT2D eigenvalue weighted by Gasteiger charge is -2.19. The molecule has 0 fully saturated rings. The Balaban J connectivity index is 1.88. The molecule has 0 unspecified atom stereocenters. The maximum Gasteiger partial charge on any atom is 0.339 e. The average molecular weight is 459 g/mol. The second-order valence-corrected chi connectivity index (χ2v) is 9.94. The molecule has 3 rings (SSSR count). The third kappa shape index (κ3) is 5.01. The van der Waals surface area contributed by atoms with Crippen LogP contribution in [-0.2, 0) is 21.4 Å². The molecular weight excluding hydrogens is 430 g/mol. The first-order chi connectivity index (χ1) is 15.0. The third-order valence-electron chi connectivity index (χ3n) is 5.62. The number of amides is 1. The van der Waals surface area contributed by atoms with E-state index in [1.54, 1.807) is 12.3 Å². The molecular formula is C24H28NO6S-. The fraction of sp³-hybridized carbons (Fsp3) is 0.458. The molecule has 172 valence electrons. The maximum atomic E-state index is 12.6. The van der Waals surface area contributed by atoms with Gasteiger partial charge in [-0.2, -0.15) is 11.8 Å². The summed E-state index contributed by atoms with van der Waals surface area (Å²) in [5.74, 6) is -1.17. The predicted octanol–water partition coefficient (Wildman–Crippen LogP) is 3.07. The van der Waals surface area contributed by atoms with Crippen molar-refractivity contribution >= 4 is 45.6 Å². The summed E-state index contributed by atoms with van der Waals surface area (Å²) >= 11 is 1.49. The van der Waals surface area contributed by atoms with Crippen LogP contribution in [0.25, 0.3) is 21.9 Å². The number of hydrogen-bond acceptors (Lipinski definition) is 7. The van der Waals surface area contributed by atoms with E-state index in [4.69, 9.17) is 8.83 Å². The van der Waals surface area contributed by atoms with Crippen LogP contribution in [0.1, 0.15) is 50.3 Å². The van der Waals surface area contributed by atoms with E-state index in [9.17, 15) is 19.5 Å². The van der Waals surface area contributed by atoms with Crippen LogP contribution in [-0.4, -0.2) is 29.9 Å². The molecule has 0 spiro atoms. The standard InChI is InChI=1S/C24H29NO6S/c1-13-14(6-7-21(26)25-18(22(27)28)8-9-32-5)23(29)31-20-11-19-16(10-15(13)20)17(12-30-19)24(2,3)4/h10-12,18H,6-9H2,1-5H3,(H,25,26)(H,27,28)/p-1/t18-/m0/s1. The molecule has 0 aliphatic carbocycles. The van der Waals surface area contributed by atoms with E-state index in [1.165, 1.54) is 11.8 Å². The van der Waals surface area contributed by atoms with Gasteiger partial charge in [-0.05, 0) is 48.8 Å². The first-order valence-electron chi connectivity index (χ1n) is 10.5. The van der Waals surface area contributed by atoms with Gasteiger partial charge in [0.15, 0.2) is 0 Å². The van der Waals surface area contributed by atoms with Gasteiger partial charge >= 0.3 is 5.63 Å². The smallest absolute Gasteiger partial charge is 0.339 e. The van der Waals surface area contributed by atoms with Crippen molar-refractivity contribution in [1.82, 2.24) is 5.32 Å². The summed E-state index contributed by atoms with van der Waals surface area (Å²) in [7, 11) is 0. The van der Waals surface area contributed by atoms with Gasteiger partial charge in [0, 0.05) is 34.4 Å². The van der Waals surface area contributed by atoms with Crippen molar-refractivity contribution in [1.29, 1.82) is 0 Å². The van der Waals surface area contributed by atoms with Crippen molar-refractivity contribution in [2.24, 2.45) is 0 Å². The molecule has 0 radical (unpaired) electrons. The summed E-state index contributed by atoms with van der Waals surface area (Å²) < 4.78 is 11.2. The number of benzene rings is 1. The number of fused-ring (bicyclic) bond motifs is 2. The van der Waals surface area contributed by atoms with Crippen LogP contribution in [0.4, 0.5) is 0 Å². The van der Waals surface area contributed by atoms with Crippen LogP contribution in [0.2, 0.25) is 0 Å². The Bertz CT molecular complexity index is 1220. The monoisotopic (exact) mass is 458 g/mol. The van der Waals surface area contributed by atoms with Crippen molar-refractivity contribution in [2.75, 3.05) is 12.0 Å². The van der Waals surface area contributed by atoms with Gasteiger partial charge < -0.3 is 24.1 Å². The van der Waals surface area contributed by atoms with Crippen LogP contribution in [0.3, 0.4) is 0 Å². The fourth-order valence-electron chi connectivity index (χ4n) is 3.77. The highest BCUT2D eigenvalue weighted by atomic mass is 32.2. The van der Waals surface area contributed by atoms with E-state index in [0.717, 1.165) is 21.9 Å². The van der Waals surface area contributed by atoms with E-state index >= 15 is 0 Å². The van der Waals surface area contributed by atoms with Crippen LogP contribution < -0.4 is 16.0 Å². The first kappa shape index (κ1) is 23.9. The summed E-state index contributed by atoms with van der Waals surface area (Å²) in [5.41, 5.74) is 2.65. The minimum Gasteiger partial charge on any atom is -0.548 e. The number of aryl methyl sites for hydroxylation is 1. The molecule has 0 saturated heterocycles. The minimum absolute atomic E-state index is 0.0264. The van der Waals surface area contributed by atoms with Crippen molar-refractivity contribution in [3.05, 3.63) is 45.5 Å². The molecule has 0 aliphatic rings. The SMILES string of the molecule is CSCC[C@H](NC(=O)CCc1c(C)c2cc3c(C(C)(C)C)coc3cc2oc1=O)C(=O)[O-]. The molecule has 8 heteroatoms. The highest BCUT2D eigenvalue weighted by Crippen LogP contribution is 2.35. The Morgan fingerprint density at radius 3 is 2.53 bits per heavy atom. The zero-order chi connectivity index (χ0) is 23.6. The van der Waals surface area contributed by atoms with Crippen molar-refractivity contribution < 1.29 is 23.5 Å². The minimum atomic E-state index is -1.31. The van der Waals surface area contributed by atoms with Gasteiger partial charge in [-0.25, -0.2) is 4.79 Å². The second kappa shape index (κ2) is 9.40. The summed E-state index contributed by atoms with van der Waals surface area (Å²) in [6.45, 7) is 8.13. The summed E-state index contributed by atoms with van der Waals surface area (Å²) in [4.78, 5) is 36.2. The molecule has 7 nitrogen and oxygen atoms in total. The van der Waals surface area contributed by atoms with Gasteiger partial charge in [0.05, 0.1) is 18.3 Å². The Hall–Kier alpha value is -2.74. The van der Waals surface area contributed by atoms with Gasteiger partial charge in [-0.15, -0.1) is 0 Å². The van der Waals surface area contributed by atoms with Gasteiger partial charge in [0.2, 0.25) is 5.91 Å². The lowest BCUT2D eigenvalue weighted by atomic mass is 9.86. The number of carboxylic acids is 1. The zero-order valence-electron chi connectivity index (χ0n) is 19.0. The number of thioether (sulfide) groups is 1. The number of nitrogens with one attached hydrogen (secondary N) is 1. The second-order valence-electron chi connectivity index (χ2n) is 8.96. The van der Waals surface area contributed by atoms with Gasteiger partial charge in [-0.3, -0.25) is 4.79 Å². The van der Waals surface area contributed by atoms with E-state index in [-0.39, 0.29) is 24.7 Å². The molecule has 1 N–H and O–H groups in total. The number of hydrogen-bond donors (Lipinski definition) is 1. The van der Waals surface area contributed by atoms with E-state index in [0.29, 0.717) is 22.5 Å². The van der Waals surface area contributed by atoms with Gasteiger partial charge in [-0.1, -0.05) is 20.8 Å². The molecule has 32 heavy (non-hydrogen) atoms. The van der Waals surface area contributed by atoms with E-state index in [2.05, 4.69) is 26.1 Å². The molecule has 0 saturated carbocycles. The Morgan fingerprint density at radius 2 is 1.91 bits per heavy atom. The third-order valence-corrected chi connectivity index (χ3v) is 6.27. The largest absolute Gasteiger partial charge is 0.548 e. The number of carbonyl (C=O) groups is 2. The van der Waals surface area contributed by atoms with E-state index < -0.39 is 23.5 Å². The van der Waals surface area contributed by atoms with Gasteiger partial charge in [0.1, 0.15) is 11.2 Å². The molecule has 0 bridgehead atoms. The van der Waals surface area contributed by atoms with E-state index in [1.807, 2.05) is 19.2 Å². The first-order valence-corrected chi connectivity index (χ1v) is 11.9. The van der Waals surface area contributed by atoms with Gasteiger partial charge in [0.25, 0.3) is 0 Å². The fourth-order valence-corrected chi connectivity index (χ4v) is 4.24. The highest BCUT2D eigenvalue weighted by Gasteiger charge is 2.22. The number of carboxylic acid groups (broad SMARTS) is 1. The topological polar surface area (TPSA) is 113 Å². The summed E-state index contributed by atoms with van der Waals surface area (Å²) in [6.07, 6.45) is 3.99. The highest BCUT2D eigenvalue weighted by molar-refractivity contribution is 7.98. The lowest BCUT2D eigenvalue weighted by Crippen LogP contribution is -2.48. The predicted molar refractivity (Wildman–Crippen MR) is 124 cm³/mol. The quantitative estimate of drug-likeness (QED) is 0.516. The molecule has 1 amide bonds. The van der Waals surface area contributed by atoms with Crippen molar-refractivity contribution in [3.8, 4) is 0 Å². The van der Waals surface area contributed by atoms with Crippen LogP contribution in [0, 0.1) is 6.92 Å². The number of carbonyl (C=O) groups excluding carboxylic acids is 2. The maximum absolute atomic E-state index is 12.6. The molecule has 3 aromatic rings. The normalized spacial score (nSPS) is 12.9. The Labute approximate surface area is 190 Å².